The number of ether oxygens (including phenoxy) is 2. The Morgan fingerprint density at radius 3 is 2.62 bits per heavy atom. The molecule has 6 heteroatoms. The van der Waals surface area contributed by atoms with Gasteiger partial charge in [-0.2, -0.15) is 0 Å². The summed E-state index contributed by atoms with van der Waals surface area (Å²) in [5.74, 6) is 1.94. The summed E-state index contributed by atoms with van der Waals surface area (Å²) in [7, 11) is 1.79. The Morgan fingerprint density at radius 1 is 1.19 bits per heavy atom. The normalized spacial score (nSPS) is 25.0. The zero-order valence-electron chi connectivity index (χ0n) is 15.8. The second-order valence-corrected chi connectivity index (χ2v) is 7.82. The summed E-state index contributed by atoms with van der Waals surface area (Å²) in [6.07, 6.45) is 10.6. The molecule has 0 amide bonds. The molecule has 0 N–H and O–H groups in total. The van der Waals surface area contributed by atoms with E-state index in [4.69, 9.17) is 9.47 Å². The van der Waals surface area contributed by atoms with Gasteiger partial charge in [-0.25, -0.2) is 4.98 Å². The van der Waals surface area contributed by atoms with Gasteiger partial charge in [0, 0.05) is 44.7 Å². The van der Waals surface area contributed by atoms with Crippen molar-refractivity contribution in [1.82, 2.24) is 14.0 Å². The van der Waals surface area contributed by atoms with Crippen molar-refractivity contribution in [3.05, 3.63) is 34.3 Å². The van der Waals surface area contributed by atoms with Crippen molar-refractivity contribution in [1.29, 1.82) is 0 Å². The first-order valence-corrected chi connectivity index (χ1v) is 9.85. The molecule has 1 saturated heterocycles. The van der Waals surface area contributed by atoms with Gasteiger partial charge in [0.1, 0.15) is 11.3 Å². The third kappa shape index (κ3) is 3.32. The maximum absolute atomic E-state index is 13.1. The molecule has 142 valence electrons. The van der Waals surface area contributed by atoms with Gasteiger partial charge >= 0.3 is 0 Å². The van der Waals surface area contributed by atoms with Crippen LogP contribution in [0.3, 0.4) is 0 Å². The summed E-state index contributed by atoms with van der Waals surface area (Å²) in [4.78, 5) is 17.7. The first-order valence-electron chi connectivity index (χ1n) is 9.85. The molecule has 0 aromatic carbocycles. The highest BCUT2D eigenvalue weighted by molar-refractivity contribution is 5.45. The van der Waals surface area contributed by atoms with Gasteiger partial charge in [0.15, 0.2) is 0 Å². The fraction of sp³-hybridized carbons (Fsp3) is 0.700. The van der Waals surface area contributed by atoms with Crippen LogP contribution in [-0.4, -0.2) is 40.4 Å². The van der Waals surface area contributed by atoms with Gasteiger partial charge in [-0.05, 0) is 51.4 Å². The summed E-state index contributed by atoms with van der Waals surface area (Å²) in [5, 5.41) is 0. The standard InChI is InChI=1S/C20H29N3O3/c1-14-12-23-18(11-21-19(23)16-7-9-26-10-8-16)20(24)22(14)13-15-3-5-17(25-2)6-4-15/h11-12,15-17H,3-10,13H2,1-2H3. The third-order valence-corrected chi connectivity index (χ3v) is 6.19. The molecule has 3 heterocycles. The topological polar surface area (TPSA) is 57.8 Å². The maximum atomic E-state index is 13.1. The number of methoxy groups -OCH3 is 1. The average molecular weight is 359 g/mol. The number of aromatic nitrogens is 3. The van der Waals surface area contributed by atoms with Gasteiger partial charge in [0.05, 0.1) is 12.3 Å². The second kappa shape index (κ2) is 7.53. The Balaban J connectivity index is 1.60. The van der Waals surface area contributed by atoms with E-state index in [1.807, 2.05) is 15.9 Å². The van der Waals surface area contributed by atoms with Gasteiger partial charge in [0.2, 0.25) is 0 Å². The van der Waals surface area contributed by atoms with E-state index in [9.17, 15) is 4.79 Å². The molecular formula is C20H29N3O3. The molecule has 2 fully saturated rings. The molecule has 0 atom stereocenters. The van der Waals surface area contributed by atoms with Crippen LogP contribution in [0.1, 0.15) is 56.0 Å². The largest absolute Gasteiger partial charge is 0.381 e. The molecule has 0 unspecified atom stereocenters. The molecule has 6 nitrogen and oxygen atoms in total. The fourth-order valence-electron chi connectivity index (χ4n) is 4.52. The van der Waals surface area contributed by atoms with Crippen molar-refractivity contribution in [2.75, 3.05) is 20.3 Å². The molecule has 2 aliphatic rings. The van der Waals surface area contributed by atoms with Crippen LogP contribution in [0.15, 0.2) is 17.2 Å². The molecule has 2 aromatic rings. The molecule has 26 heavy (non-hydrogen) atoms. The van der Waals surface area contributed by atoms with Crippen molar-refractivity contribution < 1.29 is 9.47 Å². The zero-order chi connectivity index (χ0) is 18.1. The third-order valence-electron chi connectivity index (χ3n) is 6.19. The van der Waals surface area contributed by atoms with E-state index >= 15 is 0 Å². The Morgan fingerprint density at radius 2 is 1.92 bits per heavy atom. The number of aryl methyl sites for hydroxylation is 1. The summed E-state index contributed by atoms with van der Waals surface area (Å²) in [5.41, 5.74) is 1.80. The second-order valence-electron chi connectivity index (χ2n) is 7.82. The number of hydrogen-bond acceptors (Lipinski definition) is 4. The maximum Gasteiger partial charge on any atom is 0.276 e. The van der Waals surface area contributed by atoms with Crippen LogP contribution in [0.5, 0.6) is 0 Å². The van der Waals surface area contributed by atoms with Crippen molar-refractivity contribution in [2.24, 2.45) is 5.92 Å². The van der Waals surface area contributed by atoms with Crippen LogP contribution in [-0.2, 0) is 16.0 Å². The Kier molecular flexibility index (Phi) is 5.14. The SMILES string of the molecule is COC1CCC(Cn2c(C)cn3c(C4CCOCC4)ncc3c2=O)CC1. The molecule has 0 spiro atoms. The van der Waals surface area contributed by atoms with Crippen LogP contribution in [0.2, 0.25) is 0 Å². The van der Waals surface area contributed by atoms with Gasteiger partial charge in [0.25, 0.3) is 5.56 Å². The highest BCUT2D eigenvalue weighted by Crippen LogP contribution is 2.28. The summed E-state index contributed by atoms with van der Waals surface area (Å²) in [6.45, 7) is 4.39. The number of hydrogen-bond donors (Lipinski definition) is 0. The van der Waals surface area contributed by atoms with Gasteiger partial charge in [-0.3, -0.25) is 9.20 Å². The van der Waals surface area contributed by atoms with E-state index in [1.165, 1.54) is 0 Å². The Labute approximate surface area is 154 Å². The highest BCUT2D eigenvalue weighted by Gasteiger charge is 2.24. The van der Waals surface area contributed by atoms with Crippen LogP contribution in [0.25, 0.3) is 5.52 Å². The van der Waals surface area contributed by atoms with E-state index < -0.39 is 0 Å². The van der Waals surface area contributed by atoms with Crippen molar-refractivity contribution in [3.63, 3.8) is 0 Å². The molecule has 1 aliphatic carbocycles. The number of rotatable bonds is 4. The molecule has 4 rings (SSSR count). The molecule has 1 saturated carbocycles. The first-order chi connectivity index (χ1) is 12.7. The van der Waals surface area contributed by atoms with Crippen LogP contribution in [0, 0.1) is 12.8 Å². The first kappa shape index (κ1) is 17.7. The minimum Gasteiger partial charge on any atom is -0.381 e. The minimum absolute atomic E-state index is 0.0877. The zero-order valence-corrected chi connectivity index (χ0v) is 15.8. The summed E-state index contributed by atoms with van der Waals surface area (Å²) < 4.78 is 14.9. The molecule has 1 aliphatic heterocycles. The minimum atomic E-state index is 0.0877. The monoisotopic (exact) mass is 359 g/mol. The summed E-state index contributed by atoms with van der Waals surface area (Å²) in [6, 6.07) is 0. The van der Waals surface area contributed by atoms with Gasteiger partial charge < -0.3 is 14.0 Å². The fourth-order valence-corrected chi connectivity index (χ4v) is 4.52. The Hall–Kier alpha value is -1.66. The molecular weight excluding hydrogens is 330 g/mol. The van der Waals surface area contributed by atoms with E-state index in [2.05, 4.69) is 11.2 Å². The number of fused-ring (bicyclic) bond motifs is 1. The van der Waals surface area contributed by atoms with Crippen LogP contribution >= 0.6 is 0 Å². The predicted molar refractivity (Wildman–Crippen MR) is 99.7 cm³/mol. The van der Waals surface area contributed by atoms with Crippen LogP contribution in [0.4, 0.5) is 0 Å². The molecule has 2 aromatic heterocycles. The lowest BCUT2D eigenvalue weighted by atomic mass is 9.87. The lowest BCUT2D eigenvalue weighted by Gasteiger charge is -2.28. The quantitative estimate of drug-likeness (QED) is 0.842. The lowest BCUT2D eigenvalue weighted by Crippen LogP contribution is -2.30. The van der Waals surface area contributed by atoms with E-state index in [0.29, 0.717) is 23.5 Å². The van der Waals surface area contributed by atoms with Gasteiger partial charge in [-0.1, -0.05) is 0 Å². The highest BCUT2D eigenvalue weighted by atomic mass is 16.5. The average Bonchev–Trinajstić information content (AvgIpc) is 3.10. The smallest absolute Gasteiger partial charge is 0.276 e. The van der Waals surface area contributed by atoms with E-state index in [-0.39, 0.29) is 5.56 Å². The van der Waals surface area contributed by atoms with Crippen LogP contribution < -0.4 is 5.56 Å². The molecule has 0 radical (unpaired) electrons. The van der Waals surface area contributed by atoms with Crippen molar-refractivity contribution in [3.8, 4) is 0 Å². The van der Waals surface area contributed by atoms with E-state index in [0.717, 1.165) is 69.8 Å². The van der Waals surface area contributed by atoms with Crippen molar-refractivity contribution in [2.45, 2.75) is 64.0 Å². The lowest BCUT2D eigenvalue weighted by molar-refractivity contribution is 0.0540. The predicted octanol–water partition coefficient (Wildman–Crippen LogP) is 2.90. The number of nitrogens with zero attached hydrogens (tertiary/aromatic N) is 3. The Bertz CT molecular complexity index is 812. The number of imidazole rings is 1. The van der Waals surface area contributed by atoms with Crippen molar-refractivity contribution >= 4 is 5.52 Å². The molecule has 0 bridgehead atoms. The van der Waals surface area contributed by atoms with Gasteiger partial charge in [-0.15, -0.1) is 0 Å². The summed E-state index contributed by atoms with van der Waals surface area (Å²) >= 11 is 0. The van der Waals surface area contributed by atoms with E-state index in [1.54, 1.807) is 13.3 Å².